The Bertz CT molecular complexity index is 612. The summed E-state index contributed by atoms with van der Waals surface area (Å²) in [5.41, 5.74) is 8.50. The highest BCUT2D eigenvalue weighted by atomic mass is 35.5. The molecule has 2 nitrogen and oxygen atoms in total. The van der Waals surface area contributed by atoms with Crippen LogP contribution in [0.5, 0.6) is 0 Å². The van der Waals surface area contributed by atoms with Crippen molar-refractivity contribution in [3.05, 3.63) is 55.7 Å². The van der Waals surface area contributed by atoms with Crippen LogP contribution in [0.3, 0.4) is 0 Å². The van der Waals surface area contributed by atoms with Gasteiger partial charge < -0.3 is 5.73 Å². The highest BCUT2D eigenvalue weighted by Gasteiger charge is 2.25. The summed E-state index contributed by atoms with van der Waals surface area (Å²) in [5.74, 6) is 0. The number of halogens is 2. The Balaban J connectivity index is 1.87. The number of rotatable bonds is 3. The van der Waals surface area contributed by atoms with Crippen molar-refractivity contribution in [2.45, 2.75) is 19.0 Å². The fourth-order valence-corrected chi connectivity index (χ4v) is 4.20. The topological polar surface area (TPSA) is 29.3 Å². The van der Waals surface area contributed by atoms with Crippen LogP contribution >= 0.6 is 34.5 Å². The van der Waals surface area contributed by atoms with Crippen LogP contribution in [0, 0.1) is 0 Å². The van der Waals surface area contributed by atoms with E-state index in [-0.39, 0.29) is 6.04 Å². The second kappa shape index (κ2) is 6.04. The molecule has 1 aliphatic rings. The van der Waals surface area contributed by atoms with E-state index in [2.05, 4.69) is 16.3 Å². The van der Waals surface area contributed by atoms with Crippen molar-refractivity contribution in [3.63, 3.8) is 0 Å². The van der Waals surface area contributed by atoms with E-state index in [1.807, 2.05) is 23.5 Å². The van der Waals surface area contributed by atoms with Gasteiger partial charge in [-0.1, -0.05) is 29.3 Å². The first-order valence-corrected chi connectivity index (χ1v) is 8.27. The maximum absolute atomic E-state index is 6.34. The van der Waals surface area contributed by atoms with Gasteiger partial charge in [-0.25, -0.2) is 0 Å². The minimum Gasteiger partial charge on any atom is -0.329 e. The van der Waals surface area contributed by atoms with Gasteiger partial charge in [0.2, 0.25) is 0 Å². The molecule has 0 radical (unpaired) electrons. The van der Waals surface area contributed by atoms with Crippen LogP contribution in [0.4, 0.5) is 0 Å². The lowest BCUT2D eigenvalue weighted by atomic mass is 10.0. The minimum absolute atomic E-state index is 0.146. The van der Waals surface area contributed by atoms with Crippen LogP contribution in [-0.2, 0) is 13.0 Å². The van der Waals surface area contributed by atoms with Crippen molar-refractivity contribution in [1.29, 1.82) is 0 Å². The van der Waals surface area contributed by atoms with Crippen molar-refractivity contribution in [2.75, 3.05) is 13.1 Å². The zero-order valence-corrected chi connectivity index (χ0v) is 13.3. The molecule has 1 aromatic carbocycles. The number of fused-ring (bicyclic) bond motifs is 1. The number of hydrogen-bond acceptors (Lipinski definition) is 3. The first-order valence-electron chi connectivity index (χ1n) is 6.63. The summed E-state index contributed by atoms with van der Waals surface area (Å²) < 4.78 is 0. The Kier molecular flexibility index (Phi) is 4.34. The van der Waals surface area contributed by atoms with Crippen molar-refractivity contribution >= 4 is 34.5 Å². The average molecular weight is 327 g/mol. The third kappa shape index (κ3) is 2.74. The third-order valence-corrected chi connectivity index (χ3v) is 5.41. The van der Waals surface area contributed by atoms with Gasteiger partial charge in [0, 0.05) is 40.6 Å². The minimum atomic E-state index is 0.146. The second-order valence-electron chi connectivity index (χ2n) is 5.01. The lowest BCUT2D eigenvalue weighted by Gasteiger charge is -2.34. The van der Waals surface area contributed by atoms with E-state index in [4.69, 9.17) is 28.9 Å². The molecule has 20 heavy (non-hydrogen) atoms. The zero-order valence-electron chi connectivity index (χ0n) is 11.0. The van der Waals surface area contributed by atoms with Gasteiger partial charge in [0.05, 0.1) is 0 Å². The molecule has 0 fully saturated rings. The Labute approximate surface area is 133 Å². The highest BCUT2D eigenvalue weighted by molar-refractivity contribution is 7.10. The summed E-state index contributed by atoms with van der Waals surface area (Å²) in [6, 6.07) is 8.02. The SMILES string of the molecule is NC[C@H](c1ccc(Cl)cc1Cl)N1CCc2sccc2C1. The van der Waals surface area contributed by atoms with Gasteiger partial charge in [0.15, 0.2) is 0 Å². The van der Waals surface area contributed by atoms with E-state index in [0.717, 1.165) is 25.1 Å². The molecule has 0 bridgehead atoms. The Hall–Kier alpha value is -0.580. The molecule has 0 unspecified atom stereocenters. The molecule has 106 valence electrons. The van der Waals surface area contributed by atoms with E-state index < -0.39 is 0 Å². The maximum Gasteiger partial charge on any atom is 0.0488 e. The predicted molar refractivity (Wildman–Crippen MR) is 86.7 cm³/mol. The van der Waals surface area contributed by atoms with Gasteiger partial charge in [0.1, 0.15) is 0 Å². The fraction of sp³-hybridized carbons (Fsp3) is 0.333. The van der Waals surface area contributed by atoms with Gasteiger partial charge in [-0.15, -0.1) is 11.3 Å². The molecule has 0 aliphatic carbocycles. The molecule has 1 atom stereocenters. The zero-order chi connectivity index (χ0) is 14.1. The van der Waals surface area contributed by atoms with Crippen LogP contribution in [0.2, 0.25) is 10.0 Å². The number of benzene rings is 1. The fourth-order valence-electron chi connectivity index (χ4n) is 2.78. The molecule has 0 amide bonds. The summed E-state index contributed by atoms with van der Waals surface area (Å²) in [5, 5.41) is 3.53. The Morgan fingerprint density at radius 2 is 2.15 bits per heavy atom. The van der Waals surface area contributed by atoms with E-state index in [0.29, 0.717) is 16.6 Å². The van der Waals surface area contributed by atoms with Crippen molar-refractivity contribution in [3.8, 4) is 0 Å². The first kappa shape index (κ1) is 14.4. The molecular formula is C15H16Cl2N2S. The molecule has 2 aromatic rings. The maximum atomic E-state index is 6.34. The van der Waals surface area contributed by atoms with Crippen LogP contribution in [0.15, 0.2) is 29.6 Å². The van der Waals surface area contributed by atoms with Crippen LogP contribution < -0.4 is 5.73 Å². The number of nitrogens with two attached hydrogens (primary N) is 1. The first-order chi connectivity index (χ1) is 9.69. The summed E-state index contributed by atoms with van der Waals surface area (Å²) in [6.07, 6.45) is 1.09. The molecular weight excluding hydrogens is 311 g/mol. The highest BCUT2D eigenvalue weighted by Crippen LogP contribution is 2.33. The molecule has 0 spiro atoms. The van der Waals surface area contributed by atoms with E-state index in [1.54, 1.807) is 6.07 Å². The molecule has 1 aromatic heterocycles. The summed E-state index contributed by atoms with van der Waals surface area (Å²) >= 11 is 14.2. The Morgan fingerprint density at radius 3 is 2.90 bits per heavy atom. The van der Waals surface area contributed by atoms with Gasteiger partial charge in [0.25, 0.3) is 0 Å². The lowest BCUT2D eigenvalue weighted by Crippen LogP contribution is -2.37. The summed E-state index contributed by atoms with van der Waals surface area (Å²) in [4.78, 5) is 3.91. The lowest BCUT2D eigenvalue weighted by molar-refractivity contribution is 0.185. The van der Waals surface area contributed by atoms with Gasteiger partial charge in [-0.3, -0.25) is 4.90 Å². The second-order valence-corrected chi connectivity index (χ2v) is 6.85. The van der Waals surface area contributed by atoms with E-state index >= 15 is 0 Å². The monoisotopic (exact) mass is 326 g/mol. The molecule has 2 N–H and O–H groups in total. The molecule has 0 saturated heterocycles. The standard InChI is InChI=1S/C15H16Cl2N2S/c16-11-1-2-12(13(17)7-11)14(8-18)19-5-3-15-10(9-19)4-6-20-15/h1-2,4,6-7,14H,3,5,8-9,18H2/t14-/m1/s1. The van der Waals surface area contributed by atoms with Gasteiger partial charge in [-0.2, -0.15) is 0 Å². The van der Waals surface area contributed by atoms with Crippen molar-refractivity contribution < 1.29 is 0 Å². The quantitative estimate of drug-likeness (QED) is 0.919. The third-order valence-electron chi connectivity index (χ3n) is 3.82. The summed E-state index contributed by atoms with van der Waals surface area (Å²) in [6.45, 7) is 2.52. The molecule has 5 heteroatoms. The summed E-state index contributed by atoms with van der Waals surface area (Å²) in [7, 11) is 0. The van der Waals surface area contributed by atoms with E-state index in [9.17, 15) is 0 Å². The number of hydrogen-bond donors (Lipinski definition) is 1. The predicted octanol–water partition coefficient (Wildman–Crippen LogP) is 4.11. The van der Waals surface area contributed by atoms with Crippen molar-refractivity contribution in [1.82, 2.24) is 4.90 Å². The van der Waals surface area contributed by atoms with Crippen LogP contribution in [0.1, 0.15) is 22.0 Å². The average Bonchev–Trinajstić information content (AvgIpc) is 2.89. The molecule has 0 saturated carbocycles. The largest absolute Gasteiger partial charge is 0.329 e. The molecule has 2 heterocycles. The number of nitrogens with zero attached hydrogens (tertiary/aromatic N) is 1. The Morgan fingerprint density at radius 1 is 1.30 bits per heavy atom. The van der Waals surface area contributed by atoms with E-state index in [1.165, 1.54) is 10.4 Å². The van der Waals surface area contributed by atoms with Crippen LogP contribution in [-0.4, -0.2) is 18.0 Å². The molecule has 3 rings (SSSR count). The molecule has 1 aliphatic heterocycles. The van der Waals surface area contributed by atoms with Gasteiger partial charge >= 0.3 is 0 Å². The number of thiophene rings is 1. The van der Waals surface area contributed by atoms with Crippen LogP contribution in [0.25, 0.3) is 0 Å². The normalized spacial score (nSPS) is 16.9. The van der Waals surface area contributed by atoms with Crippen molar-refractivity contribution in [2.24, 2.45) is 5.73 Å². The smallest absolute Gasteiger partial charge is 0.0488 e. The van der Waals surface area contributed by atoms with Gasteiger partial charge in [-0.05, 0) is 41.1 Å².